The number of ether oxygens (including phenoxy) is 1. The van der Waals surface area contributed by atoms with Crippen molar-refractivity contribution in [1.29, 1.82) is 0 Å². The quantitative estimate of drug-likeness (QED) is 0.506. The number of rotatable bonds is 7. The molecule has 2 aromatic carbocycles. The van der Waals surface area contributed by atoms with Gasteiger partial charge in [-0.1, -0.05) is 12.1 Å². The number of nitrogens with zero attached hydrogens (tertiary/aromatic N) is 2. The SMILES string of the molecule is CCN(CC)C(=O)Oc1ccc2c(ccn2Cc2cccc(F)c2)c1NC(=O)C(C)Cl. The summed E-state index contributed by atoms with van der Waals surface area (Å²) in [4.78, 5) is 26.4. The van der Waals surface area contributed by atoms with Crippen molar-refractivity contribution in [1.82, 2.24) is 9.47 Å². The fraction of sp³-hybridized carbons (Fsp3) is 0.304. The smallest absolute Gasteiger partial charge is 0.408 e. The monoisotopic (exact) mass is 445 g/mol. The predicted molar refractivity (Wildman–Crippen MR) is 120 cm³/mol. The lowest BCUT2D eigenvalue weighted by Crippen LogP contribution is -2.33. The van der Waals surface area contributed by atoms with Gasteiger partial charge in [-0.25, -0.2) is 9.18 Å². The molecule has 3 aromatic rings. The number of carbonyl (C=O) groups excluding carboxylic acids is 2. The third kappa shape index (κ3) is 5.17. The van der Waals surface area contributed by atoms with Crippen LogP contribution in [-0.2, 0) is 11.3 Å². The van der Waals surface area contributed by atoms with Crippen molar-refractivity contribution in [2.45, 2.75) is 32.7 Å². The molecule has 0 aliphatic carbocycles. The molecule has 164 valence electrons. The summed E-state index contributed by atoms with van der Waals surface area (Å²) in [6.07, 6.45) is 1.34. The summed E-state index contributed by atoms with van der Waals surface area (Å²) >= 11 is 5.94. The van der Waals surface area contributed by atoms with E-state index in [0.717, 1.165) is 11.1 Å². The Hall–Kier alpha value is -3.06. The van der Waals surface area contributed by atoms with Crippen LogP contribution < -0.4 is 10.1 Å². The summed E-state index contributed by atoms with van der Waals surface area (Å²) < 4.78 is 21.1. The first-order chi connectivity index (χ1) is 14.8. The Labute approximate surface area is 185 Å². The van der Waals surface area contributed by atoms with Crippen LogP contribution in [0.4, 0.5) is 14.9 Å². The van der Waals surface area contributed by atoms with Gasteiger partial charge in [0.1, 0.15) is 11.2 Å². The van der Waals surface area contributed by atoms with E-state index in [9.17, 15) is 14.0 Å². The van der Waals surface area contributed by atoms with Crippen LogP contribution in [-0.4, -0.2) is 39.9 Å². The third-order valence-electron chi connectivity index (χ3n) is 4.99. The second kappa shape index (κ2) is 9.83. The van der Waals surface area contributed by atoms with Crippen molar-refractivity contribution in [3.05, 3.63) is 60.0 Å². The standard InChI is InChI=1S/C23H25ClFN3O3/c1-4-27(5-2)23(30)31-20-10-9-19-18(21(20)26-22(29)15(3)24)11-12-28(19)14-16-7-6-8-17(25)13-16/h6-13,15H,4-5,14H2,1-3H3,(H,26,29). The Morgan fingerprint density at radius 3 is 2.58 bits per heavy atom. The number of alkyl halides is 1. The van der Waals surface area contributed by atoms with E-state index in [-0.39, 0.29) is 11.6 Å². The van der Waals surface area contributed by atoms with Crippen molar-refractivity contribution in [2.75, 3.05) is 18.4 Å². The maximum absolute atomic E-state index is 13.6. The maximum atomic E-state index is 13.6. The van der Waals surface area contributed by atoms with E-state index in [4.69, 9.17) is 16.3 Å². The second-order valence-electron chi connectivity index (χ2n) is 7.09. The number of fused-ring (bicyclic) bond motifs is 1. The van der Waals surface area contributed by atoms with Gasteiger partial charge in [0.25, 0.3) is 0 Å². The summed E-state index contributed by atoms with van der Waals surface area (Å²) in [5.74, 6) is -0.477. The molecule has 1 aromatic heterocycles. The van der Waals surface area contributed by atoms with Crippen LogP contribution in [0.2, 0.25) is 0 Å². The number of aromatic nitrogens is 1. The second-order valence-corrected chi connectivity index (χ2v) is 7.75. The minimum absolute atomic E-state index is 0.235. The first kappa shape index (κ1) is 22.6. The molecule has 0 radical (unpaired) electrons. The number of benzene rings is 2. The molecule has 6 nitrogen and oxygen atoms in total. The zero-order valence-corrected chi connectivity index (χ0v) is 18.4. The highest BCUT2D eigenvalue weighted by Gasteiger charge is 2.20. The van der Waals surface area contributed by atoms with Gasteiger partial charge in [0.2, 0.25) is 5.91 Å². The molecule has 1 atom stereocenters. The third-order valence-corrected chi connectivity index (χ3v) is 5.18. The van der Waals surface area contributed by atoms with Gasteiger partial charge < -0.3 is 19.5 Å². The zero-order chi connectivity index (χ0) is 22.5. The molecule has 0 saturated carbocycles. The molecular formula is C23H25ClFN3O3. The summed E-state index contributed by atoms with van der Waals surface area (Å²) in [5, 5.41) is 2.70. The fourth-order valence-corrected chi connectivity index (χ4v) is 3.35. The van der Waals surface area contributed by atoms with Crippen molar-refractivity contribution in [2.24, 2.45) is 0 Å². The highest BCUT2D eigenvalue weighted by molar-refractivity contribution is 6.32. The molecule has 0 aliphatic heterocycles. The number of hydrogen-bond acceptors (Lipinski definition) is 3. The van der Waals surface area contributed by atoms with Crippen molar-refractivity contribution in [3.8, 4) is 5.75 Å². The first-order valence-corrected chi connectivity index (χ1v) is 10.6. The Kier molecular flexibility index (Phi) is 7.17. The summed E-state index contributed by atoms with van der Waals surface area (Å²) in [6.45, 7) is 6.73. The van der Waals surface area contributed by atoms with Gasteiger partial charge in [-0.3, -0.25) is 4.79 Å². The first-order valence-electron chi connectivity index (χ1n) is 10.1. The van der Waals surface area contributed by atoms with E-state index in [0.29, 0.717) is 30.7 Å². The van der Waals surface area contributed by atoms with E-state index >= 15 is 0 Å². The molecule has 2 amide bonds. The molecule has 0 saturated heterocycles. The van der Waals surface area contributed by atoms with Crippen LogP contribution in [0.5, 0.6) is 5.75 Å². The molecule has 0 aliphatic rings. The van der Waals surface area contributed by atoms with Crippen LogP contribution in [0.15, 0.2) is 48.7 Å². The van der Waals surface area contributed by atoms with Crippen LogP contribution in [0.3, 0.4) is 0 Å². The molecule has 0 fully saturated rings. The average molecular weight is 446 g/mol. The minimum Gasteiger partial charge on any atom is -0.408 e. The molecule has 0 spiro atoms. The fourth-order valence-electron chi connectivity index (χ4n) is 3.30. The predicted octanol–water partition coefficient (Wildman–Crippen LogP) is 5.24. The minimum atomic E-state index is -0.768. The Bertz CT molecular complexity index is 1090. The molecule has 1 heterocycles. The summed E-state index contributed by atoms with van der Waals surface area (Å²) in [7, 11) is 0. The van der Waals surface area contributed by atoms with Crippen molar-refractivity contribution in [3.63, 3.8) is 0 Å². The molecule has 1 unspecified atom stereocenters. The Morgan fingerprint density at radius 1 is 1.19 bits per heavy atom. The van der Waals surface area contributed by atoms with Crippen molar-refractivity contribution < 1.29 is 18.7 Å². The zero-order valence-electron chi connectivity index (χ0n) is 17.7. The normalized spacial score (nSPS) is 11.9. The van der Waals surface area contributed by atoms with Crippen LogP contribution >= 0.6 is 11.6 Å². The molecule has 31 heavy (non-hydrogen) atoms. The maximum Gasteiger partial charge on any atom is 0.415 e. The van der Waals surface area contributed by atoms with E-state index in [1.807, 2.05) is 36.7 Å². The summed E-state index contributed by atoms with van der Waals surface area (Å²) in [6, 6.07) is 11.6. The van der Waals surface area contributed by atoms with Crippen LogP contribution in [0.25, 0.3) is 10.9 Å². The molecule has 8 heteroatoms. The van der Waals surface area contributed by atoms with E-state index < -0.39 is 17.4 Å². The van der Waals surface area contributed by atoms with Gasteiger partial charge in [0.15, 0.2) is 5.75 Å². The molecule has 1 N–H and O–H groups in total. The molecule has 0 bridgehead atoms. The lowest BCUT2D eigenvalue weighted by molar-refractivity contribution is -0.115. The van der Waals surface area contributed by atoms with Gasteiger partial charge in [0, 0.05) is 31.2 Å². The van der Waals surface area contributed by atoms with Gasteiger partial charge in [-0.05, 0) is 56.7 Å². The van der Waals surface area contributed by atoms with Gasteiger partial charge in [-0.2, -0.15) is 0 Å². The number of halogens is 2. The number of nitrogens with one attached hydrogen (secondary N) is 1. The molecular weight excluding hydrogens is 421 g/mol. The van der Waals surface area contributed by atoms with Gasteiger partial charge >= 0.3 is 6.09 Å². The van der Waals surface area contributed by atoms with Crippen LogP contribution in [0, 0.1) is 5.82 Å². The summed E-state index contributed by atoms with van der Waals surface area (Å²) in [5.41, 5.74) is 1.97. The Balaban J connectivity index is 2.02. The van der Waals surface area contributed by atoms with E-state index in [1.165, 1.54) is 17.0 Å². The van der Waals surface area contributed by atoms with Crippen molar-refractivity contribution >= 4 is 40.2 Å². The lowest BCUT2D eigenvalue weighted by Gasteiger charge is -2.20. The highest BCUT2D eigenvalue weighted by atomic mass is 35.5. The lowest BCUT2D eigenvalue weighted by atomic mass is 10.2. The average Bonchev–Trinajstić information content (AvgIpc) is 3.13. The number of carbonyl (C=O) groups is 2. The topological polar surface area (TPSA) is 63.6 Å². The number of anilines is 1. The van der Waals surface area contributed by atoms with Crippen LogP contribution in [0.1, 0.15) is 26.3 Å². The number of amides is 2. The van der Waals surface area contributed by atoms with E-state index in [2.05, 4.69) is 5.32 Å². The molecule has 3 rings (SSSR count). The van der Waals surface area contributed by atoms with Gasteiger partial charge in [0.05, 0.1) is 11.2 Å². The van der Waals surface area contributed by atoms with E-state index in [1.54, 1.807) is 25.1 Å². The number of hydrogen-bond donors (Lipinski definition) is 1. The Morgan fingerprint density at radius 2 is 1.94 bits per heavy atom. The largest absolute Gasteiger partial charge is 0.415 e. The highest BCUT2D eigenvalue weighted by Crippen LogP contribution is 2.35. The van der Waals surface area contributed by atoms with Gasteiger partial charge in [-0.15, -0.1) is 11.6 Å².